The van der Waals surface area contributed by atoms with Crippen molar-refractivity contribution in [2.45, 2.75) is 52.6 Å². The monoisotopic (exact) mass is 486 g/mol. The van der Waals surface area contributed by atoms with Gasteiger partial charge < -0.3 is 10.4 Å². The minimum atomic E-state index is -0.970. The highest BCUT2D eigenvalue weighted by atomic mass is 35.5. The van der Waals surface area contributed by atoms with Crippen molar-refractivity contribution < 1.29 is 14.3 Å². The van der Waals surface area contributed by atoms with E-state index in [0.29, 0.717) is 49.0 Å². The summed E-state index contributed by atoms with van der Waals surface area (Å²) in [5, 5.41) is 20.4. The first kappa shape index (κ1) is 24.1. The van der Waals surface area contributed by atoms with Gasteiger partial charge >= 0.3 is 5.97 Å². The number of H-pyrrole nitrogens is 1. The van der Waals surface area contributed by atoms with Crippen LogP contribution in [-0.2, 0) is 17.8 Å². The van der Waals surface area contributed by atoms with E-state index in [2.05, 4.69) is 30.4 Å². The summed E-state index contributed by atoms with van der Waals surface area (Å²) in [6.07, 6.45) is 2.84. The number of nitrogens with zero attached hydrogens (tertiary/aromatic N) is 4. The molecule has 3 heterocycles. The fourth-order valence-electron chi connectivity index (χ4n) is 4.56. The van der Waals surface area contributed by atoms with Crippen LogP contribution >= 0.6 is 11.6 Å². The standard InChI is InChI=1S/C24H28ClFN6O2/c1-14-12-27-23(29-20-9-15(2)30-31-20)28-19(14)11-24(22(33)34)7-8-32(16(3)10-24)13-17-5-4-6-18(25)21(17)26/h4-6,9,12,16H,7-8,10-11,13H2,1-3H3,(H,33,34)(H2,27,28,29,30,31)/t16-,24-/m1/s1. The molecule has 3 N–H and O–H groups in total. The van der Waals surface area contributed by atoms with Gasteiger partial charge in [-0.2, -0.15) is 5.10 Å². The Kier molecular flexibility index (Phi) is 6.86. The molecule has 0 amide bonds. The molecule has 1 fully saturated rings. The van der Waals surface area contributed by atoms with Crippen LogP contribution in [0, 0.1) is 25.1 Å². The Morgan fingerprint density at radius 2 is 2.21 bits per heavy atom. The normalized spacial score (nSPS) is 20.9. The number of carbonyl (C=O) groups is 1. The molecular formula is C24H28ClFN6O2. The number of rotatable bonds is 7. The molecular weight excluding hydrogens is 459 g/mol. The zero-order valence-corrected chi connectivity index (χ0v) is 20.2. The van der Waals surface area contributed by atoms with Crippen LogP contribution in [0.25, 0.3) is 0 Å². The molecule has 4 rings (SSSR count). The molecule has 10 heteroatoms. The van der Waals surface area contributed by atoms with Crippen molar-refractivity contribution in [2.24, 2.45) is 5.41 Å². The minimum Gasteiger partial charge on any atom is -0.481 e. The van der Waals surface area contributed by atoms with Gasteiger partial charge in [-0.3, -0.25) is 14.8 Å². The maximum Gasteiger partial charge on any atom is 0.310 e. The number of carboxylic acids is 1. The van der Waals surface area contributed by atoms with Gasteiger partial charge in [-0.05, 0) is 51.8 Å². The molecule has 180 valence electrons. The second-order valence-corrected chi connectivity index (χ2v) is 9.54. The van der Waals surface area contributed by atoms with Crippen LogP contribution in [0.3, 0.4) is 0 Å². The Morgan fingerprint density at radius 1 is 1.41 bits per heavy atom. The van der Waals surface area contributed by atoms with Gasteiger partial charge in [0.1, 0.15) is 5.82 Å². The van der Waals surface area contributed by atoms with Gasteiger partial charge in [-0.1, -0.05) is 23.7 Å². The van der Waals surface area contributed by atoms with Crippen molar-refractivity contribution in [1.29, 1.82) is 0 Å². The second kappa shape index (κ2) is 9.68. The third-order valence-electron chi connectivity index (χ3n) is 6.57. The number of aliphatic carboxylic acids is 1. The molecule has 2 atom stereocenters. The van der Waals surface area contributed by atoms with E-state index in [0.717, 1.165) is 11.3 Å². The summed E-state index contributed by atoms with van der Waals surface area (Å²) in [4.78, 5) is 23.5. The number of aryl methyl sites for hydroxylation is 2. The molecule has 34 heavy (non-hydrogen) atoms. The zero-order valence-electron chi connectivity index (χ0n) is 19.4. The number of carboxylic acid groups (broad SMARTS) is 1. The lowest BCUT2D eigenvalue weighted by Gasteiger charge is -2.43. The van der Waals surface area contributed by atoms with Crippen LogP contribution in [0.15, 0.2) is 30.5 Å². The van der Waals surface area contributed by atoms with Crippen molar-refractivity contribution in [1.82, 2.24) is 25.1 Å². The van der Waals surface area contributed by atoms with Crippen LogP contribution in [0.4, 0.5) is 16.2 Å². The Morgan fingerprint density at radius 3 is 2.88 bits per heavy atom. The van der Waals surface area contributed by atoms with Crippen molar-refractivity contribution in [2.75, 3.05) is 11.9 Å². The number of hydrogen-bond acceptors (Lipinski definition) is 6. The first-order valence-electron chi connectivity index (χ1n) is 11.2. The van der Waals surface area contributed by atoms with E-state index >= 15 is 0 Å². The van der Waals surface area contributed by atoms with Crippen LogP contribution < -0.4 is 5.32 Å². The van der Waals surface area contributed by atoms with Crippen molar-refractivity contribution in [3.63, 3.8) is 0 Å². The summed E-state index contributed by atoms with van der Waals surface area (Å²) in [6, 6.07) is 6.74. The van der Waals surface area contributed by atoms with Gasteiger partial charge in [0, 0.05) is 42.5 Å². The van der Waals surface area contributed by atoms with Gasteiger partial charge in [0.25, 0.3) is 0 Å². The maximum absolute atomic E-state index is 14.4. The molecule has 3 aromatic rings. The van der Waals surface area contributed by atoms with E-state index in [-0.39, 0.29) is 17.5 Å². The number of likely N-dealkylation sites (tertiary alicyclic amines) is 1. The lowest BCUT2D eigenvalue weighted by molar-refractivity contribution is -0.153. The summed E-state index contributed by atoms with van der Waals surface area (Å²) in [7, 11) is 0. The summed E-state index contributed by atoms with van der Waals surface area (Å²) in [6.45, 7) is 6.67. The van der Waals surface area contributed by atoms with Gasteiger partial charge in [0.2, 0.25) is 5.95 Å². The SMILES string of the molecule is Cc1cc(Nc2ncc(C)c(C[C@@]3(C(=O)O)CCN(Cc4cccc(Cl)c4F)[C@H](C)C3)n2)n[nH]1. The smallest absolute Gasteiger partial charge is 0.310 e. The number of nitrogens with one attached hydrogen (secondary N) is 2. The van der Waals surface area contributed by atoms with E-state index in [1.165, 1.54) is 6.07 Å². The molecule has 1 aliphatic rings. The van der Waals surface area contributed by atoms with Gasteiger partial charge in [-0.25, -0.2) is 14.4 Å². The fourth-order valence-corrected chi connectivity index (χ4v) is 4.76. The molecule has 0 unspecified atom stereocenters. The van der Waals surface area contributed by atoms with Crippen LogP contribution in [0.5, 0.6) is 0 Å². The number of aromatic amines is 1. The quantitative estimate of drug-likeness (QED) is 0.446. The van der Waals surface area contributed by atoms with Crippen LogP contribution in [-0.4, -0.2) is 48.7 Å². The molecule has 0 spiro atoms. The topological polar surface area (TPSA) is 107 Å². The molecule has 1 aliphatic heterocycles. The Labute approximate surface area is 202 Å². The molecule has 1 saturated heterocycles. The van der Waals surface area contributed by atoms with E-state index in [1.807, 2.05) is 26.8 Å². The predicted molar refractivity (Wildman–Crippen MR) is 128 cm³/mol. The summed E-state index contributed by atoms with van der Waals surface area (Å²) in [5.74, 6) is -0.302. The minimum absolute atomic E-state index is 0.0602. The third-order valence-corrected chi connectivity index (χ3v) is 6.87. The lowest BCUT2D eigenvalue weighted by atomic mass is 9.72. The average Bonchev–Trinajstić information content (AvgIpc) is 3.20. The predicted octanol–water partition coefficient (Wildman–Crippen LogP) is 4.65. The van der Waals surface area contributed by atoms with Gasteiger partial charge in [-0.15, -0.1) is 0 Å². The number of benzene rings is 1. The van der Waals surface area contributed by atoms with E-state index in [9.17, 15) is 14.3 Å². The zero-order chi connectivity index (χ0) is 24.5. The molecule has 1 aromatic carbocycles. The Bertz CT molecular complexity index is 1200. The molecule has 0 aliphatic carbocycles. The van der Waals surface area contributed by atoms with E-state index < -0.39 is 17.2 Å². The Hall–Kier alpha value is -3.04. The summed E-state index contributed by atoms with van der Waals surface area (Å²) >= 11 is 5.93. The maximum atomic E-state index is 14.4. The highest BCUT2D eigenvalue weighted by Crippen LogP contribution is 2.39. The number of aromatic nitrogens is 4. The Balaban J connectivity index is 1.52. The van der Waals surface area contributed by atoms with Crippen LogP contribution in [0.2, 0.25) is 5.02 Å². The molecule has 0 bridgehead atoms. The summed E-state index contributed by atoms with van der Waals surface area (Å²) in [5.41, 5.74) is 1.97. The largest absolute Gasteiger partial charge is 0.481 e. The molecule has 0 radical (unpaired) electrons. The highest BCUT2D eigenvalue weighted by molar-refractivity contribution is 6.30. The average molecular weight is 487 g/mol. The third kappa shape index (κ3) is 5.05. The van der Waals surface area contributed by atoms with E-state index in [4.69, 9.17) is 11.6 Å². The fraction of sp³-hybridized carbons (Fsp3) is 0.417. The number of hydrogen-bond donors (Lipinski definition) is 3. The van der Waals surface area contributed by atoms with Crippen molar-refractivity contribution in [3.8, 4) is 0 Å². The number of anilines is 2. The molecule has 8 nitrogen and oxygen atoms in total. The molecule has 0 saturated carbocycles. The van der Waals surface area contributed by atoms with Crippen molar-refractivity contribution >= 4 is 29.3 Å². The van der Waals surface area contributed by atoms with E-state index in [1.54, 1.807) is 18.3 Å². The number of piperidine rings is 1. The van der Waals surface area contributed by atoms with Gasteiger partial charge in [0.05, 0.1) is 16.1 Å². The first-order chi connectivity index (χ1) is 16.2. The highest BCUT2D eigenvalue weighted by Gasteiger charge is 2.45. The second-order valence-electron chi connectivity index (χ2n) is 9.13. The summed E-state index contributed by atoms with van der Waals surface area (Å²) < 4.78 is 14.4. The van der Waals surface area contributed by atoms with Crippen molar-refractivity contribution in [3.05, 3.63) is 63.8 Å². The first-order valence-corrected chi connectivity index (χ1v) is 11.6. The lowest BCUT2D eigenvalue weighted by Crippen LogP contribution is -2.49. The van der Waals surface area contributed by atoms with Gasteiger partial charge in [0.15, 0.2) is 5.82 Å². The number of halogens is 2. The van der Waals surface area contributed by atoms with Crippen LogP contribution in [0.1, 0.15) is 42.3 Å². The molecule has 2 aromatic heterocycles.